The van der Waals surface area contributed by atoms with Gasteiger partial charge in [-0.3, -0.25) is 9.59 Å². The number of carbonyl (C=O) groups is 2. The number of ether oxygens (including phenoxy) is 2. The van der Waals surface area contributed by atoms with Gasteiger partial charge in [0.2, 0.25) is 11.7 Å². The maximum absolute atomic E-state index is 13.3. The van der Waals surface area contributed by atoms with E-state index in [1.807, 2.05) is 55.5 Å². The molecule has 4 rings (SSSR count). The van der Waals surface area contributed by atoms with Gasteiger partial charge in [0.1, 0.15) is 11.3 Å². The highest BCUT2D eigenvalue weighted by Crippen LogP contribution is 2.34. The number of anilines is 2. The first kappa shape index (κ1) is 22.9. The number of hydrogen-bond donors (Lipinski definition) is 2. The average Bonchev–Trinajstić information content (AvgIpc) is 3.23. The summed E-state index contributed by atoms with van der Waals surface area (Å²) in [6.45, 7) is 1.95. The number of amides is 2. The van der Waals surface area contributed by atoms with Gasteiger partial charge in [0.15, 0.2) is 11.5 Å². The van der Waals surface area contributed by atoms with Crippen LogP contribution in [0.4, 0.5) is 11.4 Å². The Labute approximate surface area is 197 Å². The van der Waals surface area contributed by atoms with Gasteiger partial charge in [0, 0.05) is 17.1 Å². The van der Waals surface area contributed by atoms with Crippen molar-refractivity contribution in [2.75, 3.05) is 24.9 Å². The molecular formula is C27H26N2O5. The van der Waals surface area contributed by atoms with Gasteiger partial charge in [-0.1, -0.05) is 49.4 Å². The quantitative estimate of drug-likeness (QED) is 0.346. The van der Waals surface area contributed by atoms with Crippen molar-refractivity contribution in [2.45, 2.75) is 19.3 Å². The van der Waals surface area contributed by atoms with Crippen LogP contribution >= 0.6 is 0 Å². The van der Waals surface area contributed by atoms with Crippen molar-refractivity contribution in [1.29, 1.82) is 0 Å². The number of carbonyl (C=O) groups excluding carboxylic acids is 2. The lowest BCUT2D eigenvalue weighted by Gasteiger charge is -2.16. The maximum Gasteiger partial charge on any atom is 0.293 e. The van der Waals surface area contributed by atoms with E-state index in [9.17, 15) is 9.59 Å². The number of hydrogen-bond acceptors (Lipinski definition) is 5. The number of furan rings is 1. The van der Waals surface area contributed by atoms with Crippen molar-refractivity contribution in [2.24, 2.45) is 0 Å². The van der Waals surface area contributed by atoms with Crippen molar-refractivity contribution in [3.8, 4) is 11.5 Å². The summed E-state index contributed by atoms with van der Waals surface area (Å²) in [5.74, 6) is -0.0217. The molecule has 0 bridgehead atoms. The molecule has 0 radical (unpaired) electrons. The molecule has 2 amide bonds. The highest BCUT2D eigenvalue weighted by atomic mass is 16.5. The van der Waals surface area contributed by atoms with Gasteiger partial charge in [-0.15, -0.1) is 0 Å². The molecular weight excluding hydrogens is 432 g/mol. The summed E-state index contributed by atoms with van der Waals surface area (Å²) in [6, 6.07) is 21.8. The third-order valence-corrected chi connectivity index (χ3v) is 5.62. The lowest BCUT2D eigenvalue weighted by atomic mass is 9.95. The van der Waals surface area contributed by atoms with Crippen molar-refractivity contribution < 1.29 is 23.5 Å². The van der Waals surface area contributed by atoms with Crippen LogP contribution in [0.3, 0.4) is 0 Å². The lowest BCUT2D eigenvalue weighted by molar-refractivity contribution is -0.117. The van der Waals surface area contributed by atoms with E-state index in [1.165, 1.54) is 7.11 Å². The van der Waals surface area contributed by atoms with E-state index < -0.39 is 5.91 Å². The molecule has 0 aliphatic carbocycles. The molecule has 0 spiro atoms. The standard InChI is InChI=1S/C27H26N2O5/c1-4-19(17-10-6-5-7-11-17)26(30)29-24-20-12-8-9-13-21(20)34-25(24)27(31)28-18-14-15-22(32-2)23(16-18)33-3/h5-16,19H,4H2,1-3H3,(H,28,31)(H,29,30)/t19-/m1/s1. The van der Waals surface area contributed by atoms with Crippen LogP contribution in [0.5, 0.6) is 11.5 Å². The van der Waals surface area contributed by atoms with Gasteiger partial charge in [0.25, 0.3) is 5.91 Å². The van der Waals surface area contributed by atoms with E-state index in [2.05, 4.69) is 10.6 Å². The highest BCUT2D eigenvalue weighted by molar-refractivity contribution is 6.15. The van der Waals surface area contributed by atoms with Gasteiger partial charge >= 0.3 is 0 Å². The lowest BCUT2D eigenvalue weighted by Crippen LogP contribution is -2.22. The summed E-state index contributed by atoms with van der Waals surface area (Å²) in [7, 11) is 3.06. The number of methoxy groups -OCH3 is 2. The zero-order valence-electron chi connectivity index (χ0n) is 19.3. The van der Waals surface area contributed by atoms with E-state index in [-0.39, 0.29) is 17.6 Å². The predicted molar refractivity (Wildman–Crippen MR) is 132 cm³/mol. The van der Waals surface area contributed by atoms with Gasteiger partial charge in [0.05, 0.1) is 20.1 Å². The summed E-state index contributed by atoms with van der Waals surface area (Å²) in [4.78, 5) is 26.5. The van der Waals surface area contributed by atoms with E-state index in [1.54, 1.807) is 31.4 Å². The molecule has 1 aromatic heterocycles. The minimum atomic E-state index is -0.494. The van der Waals surface area contributed by atoms with E-state index in [4.69, 9.17) is 13.9 Å². The number of fused-ring (bicyclic) bond motifs is 1. The second-order valence-corrected chi connectivity index (χ2v) is 7.69. The second kappa shape index (κ2) is 10.1. The molecule has 0 aliphatic heterocycles. The fourth-order valence-electron chi connectivity index (χ4n) is 3.90. The Bertz CT molecular complexity index is 1310. The Kier molecular flexibility index (Phi) is 6.82. The van der Waals surface area contributed by atoms with Crippen LogP contribution in [0.25, 0.3) is 11.0 Å². The summed E-state index contributed by atoms with van der Waals surface area (Å²) in [6.07, 6.45) is 0.610. The van der Waals surface area contributed by atoms with Crippen LogP contribution in [-0.2, 0) is 4.79 Å². The molecule has 0 saturated carbocycles. The van der Waals surface area contributed by atoms with Crippen molar-refractivity contribution in [3.63, 3.8) is 0 Å². The molecule has 2 N–H and O–H groups in total. The summed E-state index contributed by atoms with van der Waals surface area (Å²) in [5, 5.41) is 6.42. The van der Waals surface area contributed by atoms with E-state index in [0.29, 0.717) is 40.3 Å². The number of rotatable bonds is 8. The average molecular weight is 459 g/mol. The molecule has 0 saturated heterocycles. The topological polar surface area (TPSA) is 89.8 Å². The smallest absolute Gasteiger partial charge is 0.293 e. The molecule has 4 aromatic rings. The van der Waals surface area contributed by atoms with Gasteiger partial charge in [-0.25, -0.2) is 0 Å². The number of nitrogens with one attached hydrogen (secondary N) is 2. The molecule has 3 aromatic carbocycles. The molecule has 0 unspecified atom stereocenters. The number of para-hydroxylation sites is 1. The first-order valence-electron chi connectivity index (χ1n) is 11.0. The summed E-state index contributed by atoms with van der Waals surface area (Å²) >= 11 is 0. The van der Waals surface area contributed by atoms with Crippen LogP contribution in [0.2, 0.25) is 0 Å². The third kappa shape index (κ3) is 4.59. The van der Waals surface area contributed by atoms with Crippen molar-refractivity contribution in [3.05, 3.63) is 84.1 Å². The molecule has 1 atom stereocenters. The van der Waals surface area contributed by atoms with Crippen LogP contribution in [0.1, 0.15) is 35.4 Å². The largest absolute Gasteiger partial charge is 0.493 e. The molecule has 34 heavy (non-hydrogen) atoms. The highest BCUT2D eigenvalue weighted by Gasteiger charge is 2.26. The first-order valence-corrected chi connectivity index (χ1v) is 11.0. The molecule has 0 aliphatic rings. The molecule has 7 nitrogen and oxygen atoms in total. The van der Waals surface area contributed by atoms with Crippen LogP contribution in [0.15, 0.2) is 77.2 Å². The second-order valence-electron chi connectivity index (χ2n) is 7.69. The maximum atomic E-state index is 13.3. The Morgan fingerprint density at radius 3 is 2.29 bits per heavy atom. The SMILES string of the molecule is CC[C@@H](C(=O)Nc1c(C(=O)Nc2ccc(OC)c(OC)c2)oc2ccccc12)c1ccccc1. The fraction of sp³-hybridized carbons (Fsp3) is 0.185. The van der Waals surface area contributed by atoms with Crippen LogP contribution < -0.4 is 20.1 Å². The molecule has 7 heteroatoms. The van der Waals surface area contributed by atoms with Crippen LogP contribution in [-0.4, -0.2) is 26.0 Å². The Morgan fingerprint density at radius 2 is 1.59 bits per heavy atom. The predicted octanol–water partition coefficient (Wildman–Crippen LogP) is 5.83. The van der Waals surface area contributed by atoms with E-state index in [0.717, 1.165) is 5.56 Å². The van der Waals surface area contributed by atoms with Crippen molar-refractivity contribution in [1.82, 2.24) is 0 Å². The molecule has 1 heterocycles. The summed E-state index contributed by atoms with van der Waals surface area (Å²) in [5.41, 5.74) is 2.25. The van der Waals surface area contributed by atoms with Crippen LogP contribution in [0, 0.1) is 0 Å². The first-order chi connectivity index (χ1) is 16.5. The zero-order valence-corrected chi connectivity index (χ0v) is 19.3. The Morgan fingerprint density at radius 1 is 0.882 bits per heavy atom. The Balaban J connectivity index is 1.66. The van der Waals surface area contributed by atoms with E-state index >= 15 is 0 Å². The monoisotopic (exact) mass is 458 g/mol. The van der Waals surface area contributed by atoms with Gasteiger partial charge in [-0.2, -0.15) is 0 Å². The third-order valence-electron chi connectivity index (χ3n) is 5.62. The minimum Gasteiger partial charge on any atom is -0.493 e. The number of benzene rings is 3. The molecule has 174 valence electrons. The summed E-state index contributed by atoms with van der Waals surface area (Å²) < 4.78 is 16.4. The fourth-order valence-corrected chi connectivity index (χ4v) is 3.90. The normalized spacial score (nSPS) is 11.6. The molecule has 0 fully saturated rings. The van der Waals surface area contributed by atoms with Gasteiger partial charge < -0.3 is 24.5 Å². The zero-order chi connectivity index (χ0) is 24.1. The van der Waals surface area contributed by atoms with Gasteiger partial charge in [-0.05, 0) is 36.2 Å². The minimum absolute atomic E-state index is 0.0206. The van der Waals surface area contributed by atoms with Crippen molar-refractivity contribution >= 4 is 34.2 Å². The Hall–Kier alpha value is -4.26.